The quantitative estimate of drug-likeness (QED) is 0.786. The Balaban J connectivity index is 1.79. The maximum atomic E-state index is 3.64. The largest absolute Gasteiger partial charge is 0.364 e. The third-order valence-electron chi connectivity index (χ3n) is 3.33. The van der Waals surface area contributed by atoms with Crippen LogP contribution in [0.25, 0.3) is 0 Å². The first-order chi connectivity index (χ1) is 7.25. The van der Waals surface area contributed by atoms with E-state index >= 15 is 0 Å². The summed E-state index contributed by atoms with van der Waals surface area (Å²) in [5.41, 5.74) is 1.28. The molecule has 0 saturated carbocycles. The molecule has 3 nitrogen and oxygen atoms in total. The molecule has 1 aliphatic rings. The van der Waals surface area contributed by atoms with Crippen molar-refractivity contribution >= 4 is 0 Å². The maximum absolute atomic E-state index is 3.64. The van der Waals surface area contributed by atoms with Gasteiger partial charge in [-0.25, -0.2) is 0 Å². The van der Waals surface area contributed by atoms with Gasteiger partial charge >= 0.3 is 0 Å². The minimum Gasteiger partial charge on any atom is -0.364 e. The van der Waals surface area contributed by atoms with Gasteiger partial charge in [-0.2, -0.15) is 0 Å². The highest BCUT2D eigenvalue weighted by Crippen LogP contribution is 2.15. The number of nitrogens with zero attached hydrogens (tertiary/aromatic N) is 1. The summed E-state index contributed by atoms with van der Waals surface area (Å²) in [6, 6.07) is 4.85. The van der Waals surface area contributed by atoms with Crippen molar-refractivity contribution in [1.29, 1.82) is 0 Å². The van der Waals surface area contributed by atoms with Gasteiger partial charge < -0.3 is 15.2 Å². The van der Waals surface area contributed by atoms with E-state index in [1.165, 1.54) is 25.2 Å². The van der Waals surface area contributed by atoms with E-state index in [9.17, 15) is 0 Å². The van der Waals surface area contributed by atoms with E-state index in [-0.39, 0.29) is 0 Å². The molecule has 3 heteroatoms. The summed E-state index contributed by atoms with van der Waals surface area (Å²) in [4.78, 5) is 5.64. The standard InChI is InChI=1S/C12H21N3/c1-10-9-15(2)7-5-12(10)14-8-11-4-3-6-13-11/h3-4,6,10,12-14H,5,7-9H2,1-2H3. The second-order valence-electron chi connectivity index (χ2n) is 4.71. The van der Waals surface area contributed by atoms with E-state index in [0.29, 0.717) is 6.04 Å². The van der Waals surface area contributed by atoms with Crippen LogP contribution in [0, 0.1) is 5.92 Å². The summed E-state index contributed by atoms with van der Waals surface area (Å²) in [5.74, 6) is 0.749. The number of likely N-dealkylation sites (tertiary alicyclic amines) is 1. The molecular formula is C12H21N3. The molecule has 2 rings (SSSR count). The summed E-state index contributed by atoms with van der Waals surface area (Å²) in [6.45, 7) is 5.73. The Morgan fingerprint density at radius 3 is 3.13 bits per heavy atom. The number of aromatic nitrogens is 1. The van der Waals surface area contributed by atoms with Crippen LogP contribution in [-0.2, 0) is 6.54 Å². The smallest absolute Gasteiger partial charge is 0.0359 e. The summed E-state index contributed by atoms with van der Waals surface area (Å²) < 4.78 is 0. The van der Waals surface area contributed by atoms with Crippen molar-refractivity contribution in [3.05, 3.63) is 24.0 Å². The SMILES string of the molecule is CC1CN(C)CCC1NCc1ccc[nH]1. The van der Waals surface area contributed by atoms with Crippen molar-refractivity contribution < 1.29 is 0 Å². The lowest BCUT2D eigenvalue weighted by Crippen LogP contribution is -2.46. The number of rotatable bonds is 3. The molecule has 0 bridgehead atoms. The lowest BCUT2D eigenvalue weighted by atomic mass is 9.94. The van der Waals surface area contributed by atoms with Gasteiger partial charge in [-0.05, 0) is 38.1 Å². The second kappa shape index (κ2) is 4.81. The first-order valence-corrected chi connectivity index (χ1v) is 5.80. The van der Waals surface area contributed by atoms with Gasteiger partial charge in [0.15, 0.2) is 0 Å². The number of aromatic amines is 1. The van der Waals surface area contributed by atoms with Gasteiger partial charge in [0.05, 0.1) is 0 Å². The van der Waals surface area contributed by atoms with Gasteiger partial charge in [0.1, 0.15) is 0 Å². The van der Waals surface area contributed by atoms with Gasteiger partial charge in [0.25, 0.3) is 0 Å². The zero-order chi connectivity index (χ0) is 10.7. The third-order valence-corrected chi connectivity index (χ3v) is 3.33. The molecule has 1 aliphatic heterocycles. The summed E-state index contributed by atoms with van der Waals surface area (Å²) in [7, 11) is 2.21. The fourth-order valence-electron chi connectivity index (χ4n) is 2.38. The topological polar surface area (TPSA) is 31.1 Å². The highest BCUT2D eigenvalue weighted by Gasteiger charge is 2.23. The predicted molar refractivity (Wildman–Crippen MR) is 62.7 cm³/mol. The number of H-pyrrole nitrogens is 1. The van der Waals surface area contributed by atoms with E-state index in [1.807, 2.05) is 6.20 Å². The Kier molecular flexibility index (Phi) is 3.44. The predicted octanol–water partition coefficient (Wildman–Crippen LogP) is 1.44. The average molecular weight is 207 g/mol. The summed E-state index contributed by atoms with van der Waals surface area (Å²) >= 11 is 0. The second-order valence-corrected chi connectivity index (χ2v) is 4.71. The molecule has 2 unspecified atom stereocenters. The molecule has 2 N–H and O–H groups in total. The zero-order valence-corrected chi connectivity index (χ0v) is 9.66. The van der Waals surface area contributed by atoms with Gasteiger partial charge in [-0.15, -0.1) is 0 Å². The van der Waals surface area contributed by atoms with Crippen LogP contribution in [0.5, 0.6) is 0 Å². The molecule has 1 aromatic heterocycles. The minimum absolute atomic E-state index is 0.671. The molecule has 2 atom stereocenters. The lowest BCUT2D eigenvalue weighted by Gasteiger charge is -2.35. The Bertz CT molecular complexity index is 281. The van der Waals surface area contributed by atoms with Crippen molar-refractivity contribution in [2.45, 2.75) is 25.9 Å². The van der Waals surface area contributed by atoms with Crippen LogP contribution < -0.4 is 5.32 Å². The summed E-state index contributed by atoms with van der Waals surface area (Å²) in [5, 5.41) is 3.64. The molecular weight excluding hydrogens is 186 g/mol. The van der Waals surface area contributed by atoms with Crippen molar-refractivity contribution in [3.63, 3.8) is 0 Å². The Morgan fingerprint density at radius 1 is 1.60 bits per heavy atom. The molecule has 2 heterocycles. The van der Waals surface area contributed by atoms with Gasteiger partial charge in [0, 0.05) is 31.0 Å². The van der Waals surface area contributed by atoms with Crippen LogP contribution in [0.1, 0.15) is 19.0 Å². The van der Waals surface area contributed by atoms with E-state index in [1.54, 1.807) is 0 Å². The Morgan fingerprint density at radius 2 is 2.47 bits per heavy atom. The van der Waals surface area contributed by atoms with Crippen LogP contribution in [0.4, 0.5) is 0 Å². The number of hydrogen-bond acceptors (Lipinski definition) is 2. The normalized spacial score (nSPS) is 28.1. The van der Waals surface area contributed by atoms with E-state index in [0.717, 1.165) is 12.5 Å². The van der Waals surface area contributed by atoms with Crippen molar-refractivity contribution in [1.82, 2.24) is 15.2 Å². The minimum atomic E-state index is 0.671. The van der Waals surface area contributed by atoms with Crippen LogP contribution in [0.3, 0.4) is 0 Å². The Labute approximate surface area is 91.9 Å². The van der Waals surface area contributed by atoms with Crippen molar-refractivity contribution in [2.75, 3.05) is 20.1 Å². The first-order valence-electron chi connectivity index (χ1n) is 5.80. The molecule has 1 aromatic rings. The maximum Gasteiger partial charge on any atom is 0.0359 e. The highest BCUT2D eigenvalue weighted by atomic mass is 15.1. The molecule has 1 fully saturated rings. The molecule has 1 saturated heterocycles. The monoisotopic (exact) mass is 207 g/mol. The third kappa shape index (κ3) is 2.83. The van der Waals surface area contributed by atoms with Crippen LogP contribution >= 0.6 is 0 Å². The summed E-state index contributed by atoms with van der Waals surface area (Å²) in [6.07, 6.45) is 3.24. The molecule has 84 valence electrons. The fourth-order valence-corrected chi connectivity index (χ4v) is 2.38. The molecule has 0 spiro atoms. The van der Waals surface area contributed by atoms with Gasteiger partial charge in [0.2, 0.25) is 0 Å². The molecule has 0 amide bonds. The van der Waals surface area contributed by atoms with Crippen molar-refractivity contribution in [2.24, 2.45) is 5.92 Å². The van der Waals surface area contributed by atoms with Gasteiger partial charge in [-0.3, -0.25) is 0 Å². The lowest BCUT2D eigenvalue weighted by molar-refractivity contribution is 0.174. The number of nitrogens with one attached hydrogen (secondary N) is 2. The van der Waals surface area contributed by atoms with E-state index in [4.69, 9.17) is 0 Å². The number of piperidine rings is 1. The van der Waals surface area contributed by atoms with E-state index in [2.05, 4.69) is 41.3 Å². The molecule has 0 aromatic carbocycles. The van der Waals surface area contributed by atoms with Gasteiger partial charge in [-0.1, -0.05) is 6.92 Å². The average Bonchev–Trinajstić information content (AvgIpc) is 2.69. The zero-order valence-electron chi connectivity index (χ0n) is 9.66. The van der Waals surface area contributed by atoms with E-state index < -0.39 is 0 Å². The highest BCUT2D eigenvalue weighted by molar-refractivity contribution is 5.03. The van der Waals surface area contributed by atoms with Crippen LogP contribution in [0.2, 0.25) is 0 Å². The molecule has 15 heavy (non-hydrogen) atoms. The molecule has 0 aliphatic carbocycles. The van der Waals surface area contributed by atoms with Crippen molar-refractivity contribution in [3.8, 4) is 0 Å². The molecule has 0 radical (unpaired) electrons. The number of hydrogen-bond donors (Lipinski definition) is 2. The first kappa shape index (κ1) is 10.7. The Hall–Kier alpha value is -0.800. The fraction of sp³-hybridized carbons (Fsp3) is 0.667. The van der Waals surface area contributed by atoms with Crippen LogP contribution in [-0.4, -0.2) is 36.1 Å². The van der Waals surface area contributed by atoms with Crippen LogP contribution in [0.15, 0.2) is 18.3 Å².